The molecule has 2 aliphatic rings. The maximum absolute atomic E-state index is 11.2. The van der Waals surface area contributed by atoms with Gasteiger partial charge < -0.3 is 5.11 Å². The summed E-state index contributed by atoms with van der Waals surface area (Å²) < 4.78 is 0. The molecule has 0 amide bonds. The topological polar surface area (TPSA) is 43.8 Å². The van der Waals surface area contributed by atoms with E-state index in [1.54, 1.807) is 0 Å². The van der Waals surface area contributed by atoms with E-state index in [-0.39, 0.29) is 0 Å². The minimum absolute atomic E-state index is 0.503. The molecular formula is C15H22N2O2S. The molecule has 0 radical (unpaired) electrons. The third-order valence-electron chi connectivity index (χ3n) is 4.63. The van der Waals surface area contributed by atoms with Crippen molar-refractivity contribution in [2.45, 2.75) is 44.8 Å². The van der Waals surface area contributed by atoms with Crippen molar-refractivity contribution in [1.82, 2.24) is 9.80 Å². The molecule has 3 rings (SSSR count). The Hall–Kier alpha value is -0.910. The molecule has 1 N–H and O–H groups in total. The van der Waals surface area contributed by atoms with E-state index in [4.69, 9.17) is 0 Å². The summed E-state index contributed by atoms with van der Waals surface area (Å²) in [6.07, 6.45) is 3.96. The van der Waals surface area contributed by atoms with Crippen LogP contribution in [0.15, 0.2) is 11.4 Å². The zero-order chi connectivity index (χ0) is 14.1. The number of hydrogen-bond donors (Lipinski definition) is 1. The lowest BCUT2D eigenvalue weighted by Gasteiger charge is -2.47. The van der Waals surface area contributed by atoms with Crippen molar-refractivity contribution >= 4 is 17.3 Å². The SMILES string of the molecule is CC1CN2CCCCC2CN1Cc1ccsc1C(=O)O. The van der Waals surface area contributed by atoms with Crippen molar-refractivity contribution in [3.05, 3.63) is 21.9 Å². The Bertz CT molecular complexity index is 488. The van der Waals surface area contributed by atoms with Crippen LogP contribution in [0, 0.1) is 0 Å². The molecule has 5 heteroatoms. The number of piperazine rings is 1. The Morgan fingerprint density at radius 3 is 3.10 bits per heavy atom. The van der Waals surface area contributed by atoms with E-state index in [9.17, 15) is 9.90 Å². The quantitative estimate of drug-likeness (QED) is 0.930. The highest BCUT2D eigenvalue weighted by Gasteiger charge is 2.33. The van der Waals surface area contributed by atoms with Crippen LogP contribution in [0.3, 0.4) is 0 Å². The Balaban J connectivity index is 1.70. The lowest BCUT2D eigenvalue weighted by Crippen LogP contribution is -2.58. The van der Waals surface area contributed by atoms with E-state index >= 15 is 0 Å². The fourth-order valence-corrected chi connectivity index (χ4v) is 4.25. The van der Waals surface area contributed by atoms with E-state index in [2.05, 4.69) is 16.7 Å². The van der Waals surface area contributed by atoms with Gasteiger partial charge in [-0.2, -0.15) is 0 Å². The van der Waals surface area contributed by atoms with Crippen LogP contribution < -0.4 is 0 Å². The lowest BCUT2D eigenvalue weighted by atomic mass is 9.97. The van der Waals surface area contributed by atoms with E-state index < -0.39 is 5.97 Å². The second-order valence-corrected chi connectivity index (χ2v) is 6.92. The molecule has 0 saturated carbocycles. The summed E-state index contributed by atoms with van der Waals surface area (Å²) in [5.74, 6) is -0.793. The first-order chi connectivity index (χ1) is 9.65. The normalized spacial score (nSPS) is 28.2. The zero-order valence-corrected chi connectivity index (χ0v) is 12.7. The van der Waals surface area contributed by atoms with Crippen molar-refractivity contribution in [3.63, 3.8) is 0 Å². The average Bonchev–Trinajstić information content (AvgIpc) is 2.88. The second kappa shape index (κ2) is 5.84. The van der Waals surface area contributed by atoms with Gasteiger partial charge in [0.25, 0.3) is 0 Å². The first-order valence-corrected chi connectivity index (χ1v) is 8.31. The van der Waals surface area contributed by atoms with E-state index in [1.807, 2.05) is 11.4 Å². The van der Waals surface area contributed by atoms with E-state index in [0.717, 1.165) is 25.2 Å². The van der Waals surface area contributed by atoms with E-state index in [0.29, 0.717) is 17.0 Å². The van der Waals surface area contributed by atoms with Gasteiger partial charge in [0.15, 0.2) is 0 Å². The standard InChI is InChI=1S/C15H22N2O2S/c1-11-8-16-6-3-2-4-13(16)10-17(11)9-12-5-7-20-14(12)15(18)19/h5,7,11,13H,2-4,6,8-10H2,1H3,(H,18,19). The zero-order valence-electron chi connectivity index (χ0n) is 11.9. The molecule has 4 nitrogen and oxygen atoms in total. The highest BCUT2D eigenvalue weighted by molar-refractivity contribution is 7.12. The number of fused-ring (bicyclic) bond motifs is 1. The summed E-state index contributed by atoms with van der Waals surface area (Å²) in [7, 11) is 0. The molecule has 110 valence electrons. The molecule has 1 aromatic heterocycles. The van der Waals surface area contributed by atoms with Crippen molar-refractivity contribution in [3.8, 4) is 0 Å². The number of piperidine rings is 1. The number of hydrogen-bond acceptors (Lipinski definition) is 4. The number of nitrogens with zero attached hydrogens (tertiary/aromatic N) is 2. The molecule has 20 heavy (non-hydrogen) atoms. The molecule has 2 atom stereocenters. The summed E-state index contributed by atoms with van der Waals surface area (Å²) in [6, 6.07) is 3.14. The van der Waals surface area contributed by atoms with Gasteiger partial charge in [0, 0.05) is 31.7 Å². The molecule has 1 aromatic rings. The van der Waals surface area contributed by atoms with Crippen LogP contribution in [0.4, 0.5) is 0 Å². The van der Waals surface area contributed by atoms with Gasteiger partial charge in [-0.25, -0.2) is 4.79 Å². The average molecular weight is 294 g/mol. The Labute approximate surface area is 124 Å². The first kappa shape index (κ1) is 14.0. The van der Waals surface area contributed by atoms with Crippen LogP contribution in [0.2, 0.25) is 0 Å². The second-order valence-electron chi connectivity index (χ2n) is 6.00. The molecule has 2 fully saturated rings. The van der Waals surface area contributed by atoms with Gasteiger partial charge in [0.1, 0.15) is 4.88 Å². The number of aromatic carboxylic acids is 1. The summed E-state index contributed by atoms with van der Waals surface area (Å²) in [6.45, 7) is 6.48. The fourth-order valence-electron chi connectivity index (χ4n) is 3.50. The number of thiophene rings is 1. The van der Waals surface area contributed by atoms with Gasteiger partial charge in [-0.05, 0) is 43.3 Å². The van der Waals surface area contributed by atoms with Crippen LogP contribution in [-0.2, 0) is 6.54 Å². The minimum Gasteiger partial charge on any atom is -0.477 e. The lowest BCUT2D eigenvalue weighted by molar-refractivity contribution is 0.0109. The number of carbonyl (C=O) groups is 1. The molecule has 2 aliphatic heterocycles. The van der Waals surface area contributed by atoms with Crippen LogP contribution in [0.1, 0.15) is 41.4 Å². The van der Waals surface area contributed by atoms with Crippen LogP contribution >= 0.6 is 11.3 Å². The van der Waals surface area contributed by atoms with Crippen LogP contribution in [-0.4, -0.2) is 52.6 Å². The first-order valence-electron chi connectivity index (χ1n) is 7.43. The van der Waals surface area contributed by atoms with Gasteiger partial charge >= 0.3 is 5.97 Å². The predicted octanol–water partition coefficient (Wildman–Crippen LogP) is 2.50. The molecule has 2 unspecified atom stereocenters. The fraction of sp³-hybridized carbons (Fsp3) is 0.667. The predicted molar refractivity (Wildman–Crippen MR) is 80.4 cm³/mol. The Morgan fingerprint density at radius 2 is 2.30 bits per heavy atom. The smallest absolute Gasteiger partial charge is 0.346 e. The third kappa shape index (κ3) is 2.75. The Morgan fingerprint density at radius 1 is 1.45 bits per heavy atom. The Kier molecular flexibility index (Phi) is 4.10. The highest BCUT2D eigenvalue weighted by Crippen LogP contribution is 2.26. The highest BCUT2D eigenvalue weighted by atomic mass is 32.1. The number of carboxylic acid groups (broad SMARTS) is 1. The van der Waals surface area contributed by atoms with Gasteiger partial charge in [-0.15, -0.1) is 11.3 Å². The van der Waals surface area contributed by atoms with Gasteiger partial charge in [-0.1, -0.05) is 6.42 Å². The maximum Gasteiger partial charge on any atom is 0.346 e. The minimum atomic E-state index is -0.793. The monoisotopic (exact) mass is 294 g/mol. The summed E-state index contributed by atoms with van der Waals surface area (Å²) in [5.41, 5.74) is 0.971. The molecule has 2 saturated heterocycles. The van der Waals surface area contributed by atoms with Crippen molar-refractivity contribution in [1.29, 1.82) is 0 Å². The summed E-state index contributed by atoms with van der Waals surface area (Å²) >= 11 is 1.33. The molecule has 0 spiro atoms. The number of carboxylic acids is 1. The number of rotatable bonds is 3. The van der Waals surface area contributed by atoms with Crippen LogP contribution in [0.25, 0.3) is 0 Å². The van der Waals surface area contributed by atoms with Crippen LogP contribution in [0.5, 0.6) is 0 Å². The summed E-state index contributed by atoms with van der Waals surface area (Å²) in [5, 5.41) is 11.1. The van der Waals surface area contributed by atoms with Crippen molar-refractivity contribution < 1.29 is 9.90 Å². The molecule has 0 bridgehead atoms. The third-order valence-corrected chi connectivity index (χ3v) is 5.58. The molecule has 3 heterocycles. The van der Waals surface area contributed by atoms with Gasteiger partial charge in [0.05, 0.1) is 0 Å². The molecule has 0 aromatic carbocycles. The maximum atomic E-state index is 11.2. The van der Waals surface area contributed by atoms with Crippen molar-refractivity contribution in [2.24, 2.45) is 0 Å². The van der Waals surface area contributed by atoms with Gasteiger partial charge in [-0.3, -0.25) is 9.80 Å². The molecule has 0 aliphatic carbocycles. The van der Waals surface area contributed by atoms with Gasteiger partial charge in [0.2, 0.25) is 0 Å². The largest absolute Gasteiger partial charge is 0.477 e. The van der Waals surface area contributed by atoms with E-state index in [1.165, 1.54) is 37.1 Å². The van der Waals surface area contributed by atoms with Crippen molar-refractivity contribution in [2.75, 3.05) is 19.6 Å². The molecular weight excluding hydrogens is 272 g/mol. The summed E-state index contributed by atoms with van der Waals surface area (Å²) in [4.78, 5) is 16.8.